The van der Waals surface area contributed by atoms with E-state index >= 15 is 0 Å². The van der Waals surface area contributed by atoms with Gasteiger partial charge in [-0.05, 0) is 26.0 Å². The quantitative estimate of drug-likeness (QED) is 0.193. The van der Waals surface area contributed by atoms with Crippen LogP contribution in [0.3, 0.4) is 0 Å². The van der Waals surface area contributed by atoms with Crippen LogP contribution in [0.2, 0.25) is 0 Å². The van der Waals surface area contributed by atoms with Gasteiger partial charge >= 0.3 is 5.97 Å². The Morgan fingerprint density at radius 2 is 2.14 bits per heavy atom. The molecule has 1 aromatic carbocycles. The van der Waals surface area contributed by atoms with Crippen LogP contribution >= 0.6 is 11.3 Å². The molecular weight excluding hydrogens is 492 g/mol. The molecule has 0 aliphatic heterocycles. The number of pyridine rings is 1. The number of fused-ring (bicyclic) bond motifs is 1. The van der Waals surface area contributed by atoms with Gasteiger partial charge in [-0.2, -0.15) is 14.9 Å². The number of nitriles is 1. The molecule has 0 aliphatic rings. The second kappa shape index (κ2) is 10.9. The van der Waals surface area contributed by atoms with E-state index < -0.39 is 5.97 Å². The van der Waals surface area contributed by atoms with Gasteiger partial charge in [-0.1, -0.05) is 30.0 Å². The number of carbonyl (C=O) groups excluding carboxylic acids is 1. The molecule has 12 nitrogen and oxygen atoms in total. The van der Waals surface area contributed by atoms with Crippen LogP contribution in [0.25, 0.3) is 15.3 Å². The number of nitrogens with one attached hydrogen (secondary N) is 1. The number of anilines is 2. The van der Waals surface area contributed by atoms with Crippen molar-refractivity contribution in [2.75, 3.05) is 30.9 Å². The molecular formula is C24H24N10O2S. The Morgan fingerprint density at radius 1 is 1.35 bits per heavy atom. The Kier molecular flexibility index (Phi) is 7.49. The second-order valence-electron chi connectivity index (χ2n) is 8.17. The maximum absolute atomic E-state index is 11.5. The number of thiazole rings is 1. The number of esters is 1. The van der Waals surface area contributed by atoms with E-state index in [1.165, 1.54) is 22.3 Å². The lowest BCUT2D eigenvalue weighted by atomic mass is 10.1. The number of rotatable bonds is 9. The number of hydrogen-bond acceptors (Lipinski definition) is 12. The molecule has 1 unspecified atom stereocenters. The number of benzene rings is 1. The van der Waals surface area contributed by atoms with Gasteiger partial charge in [0.05, 0.1) is 21.8 Å². The first-order valence-corrected chi connectivity index (χ1v) is 12.0. The topological polar surface area (TPSA) is 147 Å². The Hall–Kier alpha value is -4.70. The minimum absolute atomic E-state index is 0.0770. The fraction of sp³-hybridized carbons (Fsp3) is 0.250. The van der Waals surface area contributed by atoms with Gasteiger partial charge in [0.1, 0.15) is 30.5 Å². The highest BCUT2D eigenvalue weighted by Gasteiger charge is 2.20. The summed E-state index contributed by atoms with van der Waals surface area (Å²) in [5.74, 6) is 0.431. The normalized spacial score (nSPS) is 11.9. The predicted molar refractivity (Wildman–Crippen MR) is 141 cm³/mol. The Morgan fingerprint density at radius 3 is 2.84 bits per heavy atom. The molecule has 13 heteroatoms. The highest BCUT2D eigenvalue weighted by molar-refractivity contribution is 7.20. The van der Waals surface area contributed by atoms with Crippen molar-refractivity contribution in [3.05, 3.63) is 54.4 Å². The van der Waals surface area contributed by atoms with Gasteiger partial charge in [0.25, 0.3) is 5.95 Å². The van der Waals surface area contributed by atoms with Gasteiger partial charge in [-0.15, -0.1) is 15.3 Å². The molecule has 4 aromatic rings. The van der Waals surface area contributed by atoms with Crippen LogP contribution in [0.15, 0.2) is 53.5 Å². The maximum atomic E-state index is 11.5. The van der Waals surface area contributed by atoms with E-state index in [2.05, 4.69) is 48.2 Å². The van der Waals surface area contributed by atoms with Gasteiger partial charge in [0, 0.05) is 25.7 Å². The van der Waals surface area contributed by atoms with Crippen molar-refractivity contribution in [3.63, 3.8) is 0 Å². The summed E-state index contributed by atoms with van der Waals surface area (Å²) in [5.41, 5.74) is 2.16. The van der Waals surface area contributed by atoms with Gasteiger partial charge < -0.3 is 15.0 Å². The first-order chi connectivity index (χ1) is 17.8. The summed E-state index contributed by atoms with van der Waals surface area (Å²) in [6.07, 6.45) is 2.61. The van der Waals surface area contributed by atoms with Crippen LogP contribution in [0, 0.1) is 18.3 Å². The van der Waals surface area contributed by atoms with E-state index in [0.717, 1.165) is 16.3 Å². The van der Waals surface area contributed by atoms with E-state index in [1.807, 2.05) is 31.2 Å². The molecule has 0 radical (unpaired) electrons. The van der Waals surface area contributed by atoms with Crippen molar-refractivity contribution in [2.24, 2.45) is 10.2 Å². The van der Waals surface area contributed by atoms with Crippen molar-refractivity contribution in [1.82, 2.24) is 24.7 Å². The van der Waals surface area contributed by atoms with E-state index in [0.29, 0.717) is 33.6 Å². The Bertz CT molecular complexity index is 1500. The minimum Gasteiger partial charge on any atom is -0.460 e. The molecule has 1 N–H and O–H groups in total. The average molecular weight is 517 g/mol. The molecule has 3 aromatic heterocycles. The summed E-state index contributed by atoms with van der Waals surface area (Å²) in [4.78, 5) is 26.6. The molecule has 1 atom stereocenters. The largest absolute Gasteiger partial charge is 0.460 e. The summed E-state index contributed by atoms with van der Waals surface area (Å²) in [5, 5.41) is 26.5. The molecule has 0 saturated carbocycles. The molecule has 4 rings (SSSR count). The molecule has 0 saturated heterocycles. The van der Waals surface area contributed by atoms with Gasteiger partial charge in [0.15, 0.2) is 5.82 Å². The molecule has 0 amide bonds. The van der Waals surface area contributed by atoms with Crippen molar-refractivity contribution in [2.45, 2.75) is 19.9 Å². The van der Waals surface area contributed by atoms with E-state index in [9.17, 15) is 10.1 Å². The minimum atomic E-state index is -0.527. The molecule has 37 heavy (non-hydrogen) atoms. The zero-order chi connectivity index (χ0) is 26.5. The summed E-state index contributed by atoms with van der Waals surface area (Å²) in [7, 11) is 3.59. The van der Waals surface area contributed by atoms with Gasteiger partial charge in [-0.25, -0.2) is 14.8 Å². The van der Waals surface area contributed by atoms with Crippen molar-refractivity contribution < 1.29 is 9.53 Å². The zero-order valence-electron chi connectivity index (χ0n) is 20.7. The fourth-order valence-electron chi connectivity index (χ4n) is 3.35. The molecule has 0 aliphatic carbocycles. The lowest BCUT2D eigenvalue weighted by Crippen LogP contribution is -2.25. The maximum Gasteiger partial charge on any atom is 0.330 e. The summed E-state index contributed by atoms with van der Waals surface area (Å²) in [6.45, 7) is 7.06. The first-order valence-electron chi connectivity index (χ1n) is 11.2. The average Bonchev–Trinajstić information content (AvgIpc) is 3.53. The number of para-hydroxylation sites is 1. The summed E-state index contributed by atoms with van der Waals surface area (Å²) >= 11 is 1.48. The number of hydrogen-bond donors (Lipinski definition) is 1. The molecule has 188 valence electrons. The summed E-state index contributed by atoms with van der Waals surface area (Å²) in [6, 6.07) is 9.68. The third-order valence-corrected chi connectivity index (χ3v) is 6.18. The molecule has 0 fully saturated rings. The lowest BCUT2D eigenvalue weighted by molar-refractivity contribution is -0.137. The third kappa shape index (κ3) is 5.60. The molecule has 0 bridgehead atoms. The summed E-state index contributed by atoms with van der Waals surface area (Å²) < 4.78 is 7.69. The highest BCUT2D eigenvalue weighted by Crippen LogP contribution is 2.35. The number of aromatic nitrogens is 5. The van der Waals surface area contributed by atoms with Crippen LogP contribution in [0.4, 0.5) is 23.3 Å². The van der Waals surface area contributed by atoms with E-state index in [-0.39, 0.29) is 18.6 Å². The smallest absolute Gasteiger partial charge is 0.330 e. The van der Waals surface area contributed by atoms with Crippen molar-refractivity contribution >= 4 is 50.8 Å². The lowest BCUT2D eigenvalue weighted by Gasteiger charge is -2.21. The SMILES string of the molecule is C=CC(=O)OCC(C)Nc1nc(N(C)C)c(C#N)c(C)c1N=Nc1ncn(-c2nc3ccccc3s2)n1. The van der Waals surface area contributed by atoms with Gasteiger partial charge in [-0.3, -0.25) is 0 Å². The van der Waals surface area contributed by atoms with Crippen molar-refractivity contribution in [3.8, 4) is 11.2 Å². The monoisotopic (exact) mass is 516 g/mol. The van der Waals surface area contributed by atoms with E-state index in [4.69, 9.17) is 4.74 Å². The van der Waals surface area contributed by atoms with Crippen molar-refractivity contribution in [1.29, 1.82) is 5.26 Å². The molecule has 3 heterocycles. The van der Waals surface area contributed by atoms with Crippen LogP contribution in [0.5, 0.6) is 0 Å². The van der Waals surface area contributed by atoms with Crippen LogP contribution in [0.1, 0.15) is 18.1 Å². The van der Waals surface area contributed by atoms with Crippen LogP contribution in [-0.2, 0) is 9.53 Å². The number of nitrogens with zero attached hydrogens (tertiary/aromatic N) is 9. The predicted octanol–water partition coefficient (Wildman–Crippen LogP) is 4.46. The molecule has 0 spiro atoms. The first kappa shape index (κ1) is 25.4. The van der Waals surface area contributed by atoms with Crippen LogP contribution in [-0.4, -0.2) is 57.4 Å². The van der Waals surface area contributed by atoms with E-state index in [1.54, 1.807) is 25.9 Å². The standard InChI is InChI=1S/C24H24N10O2S/c1-6-19(35)36-12-14(2)27-21-20(15(3)16(11-25)22(29-21)33(4)5)30-31-23-26-13-34(32-23)24-28-17-9-7-8-10-18(17)37-24/h6-10,13-14H,1,12H2,2-5H3,(H,27,29). The Balaban J connectivity index is 1.66. The second-order valence-corrected chi connectivity index (χ2v) is 9.18. The zero-order valence-corrected chi connectivity index (χ0v) is 21.5. The highest BCUT2D eigenvalue weighted by atomic mass is 32.1. The Labute approximate surface area is 217 Å². The number of carbonyl (C=O) groups is 1. The van der Waals surface area contributed by atoms with Crippen LogP contribution < -0.4 is 10.2 Å². The number of ether oxygens (including phenoxy) is 1. The third-order valence-electron chi connectivity index (χ3n) is 5.15. The fourth-order valence-corrected chi connectivity index (χ4v) is 4.23. The number of azo groups is 1. The van der Waals surface area contributed by atoms with Gasteiger partial charge in [0.2, 0.25) is 5.13 Å².